The summed E-state index contributed by atoms with van der Waals surface area (Å²) in [5.74, 6) is 0.783. The van der Waals surface area contributed by atoms with Crippen LogP contribution in [0.2, 0.25) is 0 Å². The molecule has 0 aliphatic carbocycles. The zero-order valence-corrected chi connectivity index (χ0v) is 13.5. The van der Waals surface area contributed by atoms with E-state index < -0.39 is 0 Å². The van der Waals surface area contributed by atoms with Gasteiger partial charge in [-0.1, -0.05) is 39.5 Å². The van der Waals surface area contributed by atoms with Crippen molar-refractivity contribution >= 4 is 27.3 Å². The van der Waals surface area contributed by atoms with Gasteiger partial charge in [-0.2, -0.15) is 0 Å². The topological polar surface area (TPSA) is 26.0 Å². The molecule has 98 valence electrons. The molecule has 2 N–H and O–H groups in total. The lowest BCUT2D eigenvalue weighted by Crippen LogP contribution is -2.14. The largest absolute Gasteiger partial charge is 0.323 e. The molecule has 0 aliphatic rings. The van der Waals surface area contributed by atoms with Gasteiger partial charge >= 0.3 is 0 Å². The first-order valence-corrected chi connectivity index (χ1v) is 8.20. The van der Waals surface area contributed by atoms with Gasteiger partial charge in [0.15, 0.2) is 0 Å². The Kier molecular flexibility index (Phi) is 6.75. The second-order valence-electron chi connectivity index (χ2n) is 4.86. The van der Waals surface area contributed by atoms with Crippen molar-refractivity contribution in [3.05, 3.63) is 20.3 Å². The number of nitrogens with two attached hydrogens (primary N) is 1. The molecule has 0 radical (unpaired) electrons. The van der Waals surface area contributed by atoms with E-state index in [-0.39, 0.29) is 6.04 Å². The Morgan fingerprint density at radius 3 is 2.59 bits per heavy atom. The smallest absolute Gasteiger partial charge is 0.0731 e. The molecule has 1 heterocycles. The maximum absolute atomic E-state index is 6.32. The van der Waals surface area contributed by atoms with Crippen molar-refractivity contribution in [2.75, 3.05) is 0 Å². The van der Waals surface area contributed by atoms with Gasteiger partial charge in [-0.05, 0) is 46.8 Å². The predicted molar refractivity (Wildman–Crippen MR) is 81.6 cm³/mol. The van der Waals surface area contributed by atoms with Crippen molar-refractivity contribution in [3.63, 3.8) is 0 Å². The van der Waals surface area contributed by atoms with Crippen LogP contribution in [0.25, 0.3) is 0 Å². The van der Waals surface area contributed by atoms with Crippen molar-refractivity contribution in [3.8, 4) is 0 Å². The molecule has 0 bridgehead atoms. The van der Waals surface area contributed by atoms with Crippen LogP contribution in [0.3, 0.4) is 0 Å². The maximum atomic E-state index is 6.32. The molecule has 0 amide bonds. The lowest BCUT2D eigenvalue weighted by Gasteiger charge is -2.18. The molecule has 2 atom stereocenters. The van der Waals surface area contributed by atoms with E-state index >= 15 is 0 Å². The molecule has 3 heteroatoms. The molecule has 1 aromatic heterocycles. The van der Waals surface area contributed by atoms with Crippen molar-refractivity contribution < 1.29 is 0 Å². The standard InChI is InChI=1S/C14H24BrNS/c1-4-6-7-11(5-2)9-12(16)13-8-10(3)14(15)17-13/h8,11-12H,4-7,9,16H2,1-3H3. The molecule has 0 aliphatic heterocycles. The van der Waals surface area contributed by atoms with Gasteiger partial charge in [0.2, 0.25) is 0 Å². The van der Waals surface area contributed by atoms with Gasteiger partial charge in [0.1, 0.15) is 0 Å². The molecular weight excluding hydrogens is 294 g/mol. The van der Waals surface area contributed by atoms with Crippen LogP contribution >= 0.6 is 27.3 Å². The number of aryl methyl sites for hydroxylation is 1. The molecule has 2 unspecified atom stereocenters. The molecule has 0 aromatic carbocycles. The fourth-order valence-corrected chi connectivity index (χ4v) is 3.71. The third-order valence-corrected chi connectivity index (χ3v) is 5.64. The summed E-state index contributed by atoms with van der Waals surface area (Å²) >= 11 is 5.36. The zero-order chi connectivity index (χ0) is 12.8. The maximum Gasteiger partial charge on any atom is 0.0731 e. The van der Waals surface area contributed by atoms with Crippen molar-refractivity contribution in [1.29, 1.82) is 0 Å². The Labute approximate surface area is 118 Å². The van der Waals surface area contributed by atoms with E-state index in [2.05, 4.69) is 42.8 Å². The Bertz CT molecular complexity index is 315. The Morgan fingerprint density at radius 2 is 2.12 bits per heavy atom. The summed E-state index contributed by atoms with van der Waals surface area (Å²) in [5, 5.41) is 0. The molecule has 0 saturated heterocycles. The second-order valence-corrected chi connectivity index (χ2v) is 7.27. The van der Waals surface area contributed by atoms with Crippen molar-refractivity contribution in [2.24, 2.45) is 11.7 Å². The fourth-order valence-electron chi connectivity index (χ4n) is 2.12. The van der Waals surface area contributed by atoms with E-state index in [1.807, 2.05) is 0 Å². The summed E-state index contributed by atoms with van der Waals surface area (Å²) in [6.45, 7) is 6.67. The fraction of sp³-hybridized carbons (Fsp3) is 0.714. The number of halogens is 1. The average Bonchev–Trinajstić information content (AvgIpc) is 2.65. The summed E-state index contributed by atoms with van der Waals surface area (Å²) in [5.41, 5.74) is 7.62. The minimum Gasteiger partial charge on any atom is -0.323 e. The number of unbranched alkanes of at least 4 members (excludes halogenated alkanes) is 1. The van der Waals surface area contributed by atoms with Crippen LogP contribution in [-0.2, 0) is 0 Å². The third kappa shape index (κ3) is 4.72. The van der Waals surface area contributed by atoms with Gasteiger partial charge in [0.05, 0.1) is 3.79 Å². The van der Waals surface area contributed by atoms with Gasteiger partial charge in [-0.3, -0.25) is 0 Å². The molecular formula is C14H24BrNS. The van der Waals surface area contributed by atoms with Crippen LogP contribution < -0.4 is 5.73 Å². The Balaban J connectivity index is 2.54. The molecule has 0 spiro atoms. The normalized spacial score (nSPS) is 14.9. The SMILES string of the molecule is CCCCC(CC)CC(N)c1cc(C)c(Br)s1. The lowest BCUT2D eigenvalue weighted by molar-refractivity contribution is 0.390. The van der Waals surface area contributed by atoms with Gasteiger partial charge in [-0.15, -0.1) is 11.3 Å². The highest BCUT2D eigenvalue weighted by molar-refractivity contribution is 9.11. The molecule has 0 saturated carbocycles. The molecule has 1 aromatic rings. The summed E-state index contributed by atoms with van der Waals surface area (Å²) in [6.07, 6.45) is 6.32. The summed E-state index contributed by atoms with van der Waals surface area (Å²) in [7, 11) is 0. The van der Waals surface area contributed by atoms with Gasteiger partial charge in [0, 0.05) is 10.9 Å². The van der Waals surface area contributed by atoms with Gasteiger partial charge in [-0.25, -0.2) is 0 Å². The highest BCUT2D eigenvalue weighted by Gasteiger charge is 2.15. The van der Waals surface area contributed by atoms with Crippen LogP contribution in [0, 0.1) is 12.8 Å². The van der Waals surface area contributed by atoms with Crippen LogP contribution in [0.15, 0.2) is 9.85 Å². The van der Waals surface area contributed by atoms with Crippen LogP contribution in [0.1, 0.15) is 62.4 Å². The van der Waals surface area contributed by atoms with E-state index in [0.29, 0.717) is 0 Å². The highest BCUT2D eigenvalue weighted by atomic mass is 79.9. The van der Waals surface area contributed by atoms with E-state index in [9.17, 15) is 0 Å². The molecule has 1 nitrogen and oxygen atoms in total. The van der Waals surface area contributed by atoms with Crippen molar-refractivity contribution in [2.45, 2.75) is 58.9 Å². The molecule has 1 rings (SSSR count). The summed E-state index contributed by atoms with van der Waals surface area (Å²) in [6, 6.07) is 2.44. The quantitative estimate of drug-likeness (QED) is 0.713. The minimum absolute atomic E-state index is 0.215. The van der Waals surface area contributed by atoms with Gasteiger partial charge < -0.3 is 5.73 Å². The Morgan fingerprint density at radius 1 is 1.41 bits per heavy atom. The van der Waals surface area contributed by atoms with E-state index in [1.54, 1.807) is 11.3 Å². The van der Waals surface area contributed by atoms with Gasteiger partial charge in [0.25, 0.3) is 0 Å². The first-order valence-electron chi connectivity index (χ1n) is 6.59. The number of hydrogen-bond acceptors (Lipinski definition) is 2. The van der Waals surface area contributed by atoms with E-state index in [0.717, 1.165) is 12.3 Å². The van der Waals surface area contributed by atoms with Crippen LogP contribution in [0.5, 0.6) is 0 Å². The average molecular weight is 318 g/mol. The highest BCUT2D eigenvalue weighted by Crippen LogP contribution is 2.34. The minimum atomic E-state index is 0.215. The first kappa shape index (κ1) is 15.2. The monoisotopic (exact) mass is 317 g/mol. The second kappa shape index (κ2) is 7.55. The van der Waals surface area contributed by atoms with E-state index in [1.165, 1.54) is 39.9 Å². The molecule has 0 fully saturated rings. The summed E-state index contributed by atoms with van der Waals surface area (Å²) < 4.78 is 1.23. The summed E-state index contributed by atoms with van der Waals surface area (Å²) in [4.78, 5) is 1.32. The number of thiophene rings is 1. The number of rotatable bonds is 7. The lowest BCUT2D eigenvalue weighted by atomic mass is 9.92. The first-order chi connectivity index (χ1) is 8.08. The van der Waals surface area contributed by atoms with Crippen LogP contribution in [0.4, 0.5) is 0 Å². The predicted octanol–water partition coefficient (Wildman–Crippen LogP) is 5.43. The zero-order valence-electron chi connectivity index (χ0n) is 11.1. The number of hydrogen-bond donors (Lipinski definition) is 1. The molecule has 17 heavy (non-hydrogen) atoms. The van der Waals surface area contributed by atoms with E-state index in [4.69, 9.17) is 5.73 Å². The third-order valence-electron chi connectivity index (χ3n) is 3.37. The Hall–Kier alpha value is 0.140. The van der Waals surface area contributed by atoms with Crippen LogP contribution in [-0.4, -0.2) is 0 Å². The van der Waals surface area contributed by atoms with Crippen molar-refractivity contribution in [1.82, 2.24) is 0 Å².